The molecule has 3 rings (SSSR count). The Kier molecular flexibility index (Phi) is 4.26. The fourth-order valence-corrected chi connectivity index (χ4v) is 2.51. The van der Waals surface area contributed by atoms with Gasteiger partial charge in [-0.3, -0.25) is 5.21 Å². The van der Waals surface area contributed by atoms with Crippen LogP contribution in [-0.4, -0.2) is 21.9 Å². The molecule has 2 aromatic heterocycles. The van der Waals surface area contributed by atoms with Gasteiger partial charge in [0.1, 0.15) is 6.20 Å². The molecule has 0 bridgehead atoms. The van der Waals surface area contributed by atoms with E-state index in [1.165, 1.54) is 5.56 Å². The summed E-state index contributed by atoms with van der Waals surface area (Å²) in [4.78, 5) is 0. The van der Waals surface area contributed by atoms with Gasteiger partial charge >= 0.3 is 0 Å². The molecule has 0 aliphatic carbocycles. The smallest absolute Gasteiger partial charge is 0.286 e. The van der Waals surface area contributed by atoms with E-state index in [9.17, 15) is 0 Å². The largest absolute Gasteiger partial charge is 0.367 e. The second-order valence-corrected chi connectivity index (χ2v) is 5.51. The highest BCUT2D eigenvalue weighted by atomic mass is 16.5. The van der Waals surface area contributed by atoms with Crippen molar-refractivity contribution in [2.45, 2.75) is 6.92 Å². The number of aryl methyl sites for hydroxylation is 2. The zero-order valence-electron chi connectivity index (χ0n) is 13.5. The third-order valence-electron chi connectivity index (χ3n) is 3.78. The van der Waals surface area contributed by atoms with Crippen LogP contribution in [0.25, 0.3) is 16.9 Å². The number of fused-ring (bicyclic) bond motifs is 1. The molecular formula is C17H19N6O+. The minimum atomic E-state index is -0.161. The van der Waals surface area contributed by atoms with Crippen LogP contribution in [0.3, 0.4) is 0 Å². The maximum Gasteiger partial charge on any atom is 0.286 e. The lowest BCUT2D eigenvalue weighted by molar-refractivity contribution is -0.510. The van der Waals surface area contributed by atoms with Gasteiger partial charge in [-0.05, 0) is 36.2 Å². The summed E-state index contributed by atoms with van der Waals surface area (Å²) in [6.45, 7) is 2.09. The van der Waals surface area contributed by atoms with Crippen molar-refractivity contribution in [3.63, 3.8) is 0 Å². The Morgan fingerprint density at radius 1 is 1.29 bits per heavy atom. The maximum absolute atomic E-state index is 8.51. The zero-order valence-corrected chi connectivity index (χ0v) is 13.5. The molecule has 1 aromatic carbocycles. The Balaban J connectivity index is 1.90. The molecule has 0 aliphatic rings. The lowest BCUT2D eigenvalue weighted by atomic mass is 10.1. The molecule has 0 fully saturated rings. The molecule has 0 saturated heterocycles. The molecule has 4 N–H and O–H groups in total. The molecule has 0 aliphatic heterocycles. The molecule has 7 nitrogen and oxygen atoms in total. The Morgan fingerprint density at radius 2 is 2.04 bits per heavy atom. The summed E-state index contributed by atoms with van der Waals surface area (Å²) in [5.41, 5.74) is 12.5. The summed E-state index contributed by atoms with van der Waals surface area (Å²) in [7, 11) is 2.05. The van der Waals surface area contributed by atoms with Crippen LogP contribution in [0, 0.1) is 6.92 Å². The molecule has 24 heavy (non-hydrogen) atoms. The fourth-order valence-electron chi connectivity index (χ4n) is 2.51. The first-order chi connectivity index (χ1) is 11.6. The van der Waals surface area contributed by atoms with Crippen LogP contribution >= 0.6 is 0 Å². The third kappa shape index (κ3) is 3.11. The first-order valence-corrected chi connectivity index (χ1v) is 7.43. The van der Waals surface area contributed by atoms with Gasteiger partial charge in [-0.1, -0.05) is 12.1 Å². The van der Waals surface area contributed by atoms with Gasteiger partial charge in [0.15, 0.2) is 5.69 Å². The van der Waals surface area contributed by atoms with Crippen LogP contribution in [0.15, 0.2) is 59.0 Å². The molecule has 7 heteroatoms. The first-order valence-electron chi connectivity index (χ1n) is 7.43. The second-order valence-electron chi connectivity index (χ2n) is 5.51. The molecule has 0 radical (unpaired) electrons. The number of benzene rings is 1. The van der Waals surface area contributed by atoms with Crippen molar-refractivity contribution in [1.82, 2.24) is 10.0 Å². The molecular weight excluding hydrogens is 304 g/mol. The van der Waals surface area contributed by atoms with E-state index >= 15 is 0 Å². The number of pyridine rings is 1. The summed E-state index contributed by atoms with van der Waals surface area (Å²) >= 11 is 0. The predicted molar refractivity (Wildman–Crippen MR) is 92.9 cm³/mol. The van der Waals surface area contributed by atoms with Gasteiger partial charge in [0.25, 0.3) is 5.65 Å². The number of guanidine groups is 1. The van der Waals surface area contributed by atoms with Crippen LogP contribution in [-0.2, 0) is 7.05 Å². The molecule has 0 saturated carbocycles. The number of nitrogens with zero attached hydrogens (tertiary/aromatic N) is 4. The molecule has 0 spiro atoms. The topological polar surface area (TPSA) is 92.0 Å². The summed E-state index contributed by atoms with van der Waals surface area (Å²) in [6, 6.07) is 12.2. The SMILES string of the molecule is Cc1cc[n+]2cc(-c3ccc(/C=N/N=C(\N)NO)cc3)n(C)c2c1. The summed E-state index contributed by atoms with van der Waals surface area (Å²) < 4.78 is 4.27. The number of rotatable bonds is 3. The fraction of sp³-hybridized carbons (Fsp3) is 0.118. The maximum atomic E-state index is 8.51. The van der Waals surface area contributed by atoms with E-state index in [2.05, 4.69) is 57.7 Å². The highest BCUT2D eigenvalue weighted by molar-refractivity contribution is 5.82. The average Bonchev–Trinajstić information content (AvgIpc) is 2.92. The van der Waals surface area contributed by atoms with Crippen molar-refractivity contribution in [3.05, 3.63) is 59.9 Å². The summed E-state index contributed by atoms with van der Waals surface area (Å²) in [6.07, 6.45) is 5.73. The van der Waals surface area contributed by atoms with Gasteiger partial charge in [0, 0.05) is 11.6 Å². The molecule has 122 valence electrons. The summed E-state index contributed by atoms with van der Waals surface area (Å²) in [5.74, 6) is -0.161. The van der Waals surface area contributed by atoms with Gasteiger partial charge < -0.3 is 5.73 Å². The van der Waals surface area contributed by atoms with E-state index in [1.807, 2.05) is 24.3 Å². The first kappa shape index (κ1) is 15.7. The van der Waals surface area contributed by atoms with Crippen molar-refractivity contribution in [2.75, 3.05) is 0 Å². The van der Waals surface area contributed by atoms with Crippen molar-refractivity contribution >= 4 is 17.8 Å². The molecule has 0 atom stereocenters. The van der Waals surface area contributed by atoms with Crippen LogP contribution in [0.5, 0.6) is 0 Å². The lowest BCUT2D eigenvalue weighted by Crippen LogP contribution is -2.27. The Bertz CT molecular complexity index is 924. The predicted octanol–water partition coefficient (Wildman–Crippen LogP) is 1.37. The monoisotopic (exact) mass is 323 g/mol. The standard InChI is InChI=1S/C17H19N6O/c1-12-7-8-23-11-15(22(2)16(23)9-12)14-5-3-13(4-6-14)10-19-20-17(18)21-24/h3-11,24H,1-2H3,(H3,18,20,21)/q+1/b19-10+. The number of imidazole rings is 1. The number of hydrogen-bond donors (Lipinski definition) is 3. The Hall–Kier alpha value is -3.19. The van der Waals surface area contributed by atoms with Gasteiger partial charge in [0.05, 0.1) is 19.5 Å². The van der Waals surface area contributed by atoms with Crippen molar-refractivity contribution < 1.29 is 9.61 Å². The average molecular weight is 323 g/mol. The van der Waals surface area contributed by atoms with Gasteiger partial charge in [-0.15, -0.1) is 5.10 Å². The number of aromatic nitrogens is 2. The van der Waals surface area contributed by atoms with Crippen LogP contribution < -0.4 is 15.6 Å². The normalized spacial score (nSPS) is 12.2. The van der Waals surface area contributed by atoms with E-state index in [-0.39, 0.29) is 5.96 Å². The second kappa shape index (κ2) is 6.51. The van der Waals surface area contributed by atoms with E-state index < -0.39 is 0 Å². The van der Waals surface area contributed by atoms with Crippen molar-refractivity contribution in [2.24, 2.45) is 23.0 Å². The van der Waals surface area contributed by atoms with Crippen molar-refractivity contribution in [3.8, 4) is 11.3 Å². The molecule has 3 aromatic rings. The van der Waals surface area contributed by atoms with E-state index in [0.29, 0.717) is 0 Å². The third-order valence-corrected chi connectivity index (χ3v) is 3.78. The van der Waals surface area contributed by atoms with Crippen molar-refractivity contribution in [1.29, 1.82) is 0 Å². The minimum Gasteiger partial charge on any atom is -0.367 e. The Morgan fingerprint density at radius 3 is 2.75 bits per heavy atom. The minimum absolute atomic E-state index is 0.161. The highest BCUT2D eigenvalue weighted by Crippen LogP contribution is 2.20. The van der Waals surface area contributed by atoms with Gasteiger partial charge in [-0.25, -0.2) is 14.4 Å². The summed E-state index contributed by atoms with van der Waals surface area (Å²) in [5, 5.41) is 15.9. The van der Waals surface area contributed by atoms with E-state index in [1.54, 1.807) is 11.7 Å². The number of nitrogens with one attached hydrogen (secondary N) is 1. The highest BCUT2D eigenvalue weighted by Gasteiger charge is 2.15. The molecule has 0 amide bonds. The van der Waals surface area contributed by atoms with Gasteiger partial charge in [0.2, 0.25) is 5.96 Å². The molecule has 2 heterocycles. The lowest BCUT2D eigenvalue weighted by Gasteiger charge is -1.98. The van der Waals surface area contributed by atoms with Crippen LogP contribution in [0.4, 0.5) is 0 Å². The zero-order chi connectivity index (χ0) is 17.1. The number of nitrogens with two attached hydrogens (primary N) is 1. The number of hydroxylamine groups is 1. The van der Waals surface area contributed by atoms with Gasteiger partial charge in [-0.2, -0.15) is 5.10 Å². The van der Waals surface area contributed by atoms with Crippen LogP contribution in [0.1, 0.15) is 11.1 Å². The number of hydrogen-bond acceptors (Lipinski definition) is 3. The van der Waals surface area contributed by atoms with E-state index in [4.69, 9.17) is 10.9 Å². The van der Waals surface area contributed by atoms with E-state index in [0.717, 1.165) is 22.5 Å². The van der Waals surface area contributed by atoms with Crippen LogP contribution in [0.2, 0.25) is 0 Å². The quantitative estimate of drug-likeness (QED) is 0.294. The Labute approximate surface area is 139 Å². The molecule has 0 unspecified atom stereocenters.